The van der Waals surface area contributed by atoms with Gasteiger partial charge in [0.25, 0.3) is 0 Å². The van der Waals surface area contributed by atoms with Gasteiger partial charge in [-0.1, -0.05) is 54.6 Å². The Morgan fingerprint density at radius 2 is 1.38 bits per heavy atom. The lowest BCUT2D eigenvalue weighted by molar-refractivity contribution is 0.148. The summed E-state index contributed by atoms with van der Waals surface area (Å²) < 4.78 is 0. The minimum absolute atomic E-state index is 1.03. The lowest BCUT2D eigenvalue weighted by Crippen LogP contribution is -2.44. The van der Waals surface area contributed by atoms with Crippen molar-refractivity contribution < 1.29 is 0 Å². The SMILES string of the molecule is CN1CCN(Cc2ccccc2Cc2ccccc2)CC1. The van der Waals surface area contributed by atoms with Crippen LogP contribution in [0.4, 0.5) is 0 Å². The summed E-state index contributed by atoms with van der Waals surface area (Å²) in [5.41, 5.74) is 4.33. The molecule has 2 aromatic rings. The fraction of sp³-hybridized carbons (Fsp3) is 0.368. The van der Waals surface area contributed by atoms with Gasteiger partial charge in [0.1, 0.15) is 0 Å². The van der Waals surface area contributed by atoms with Crippen molar-refractivity contribution in [3.8, 4) is 0 Å². The van der Waals surface area contributed by atoms with E-state index in [1.165, 1.54) is 42.9 Å². The monoisotopic (exact) mass is 280 g/mol. The molecule has 1 heterocycles. The predicted octanol–water partition coefficient (Wildman–Crippen LogP) is 3.02. The topological polar surface area (TPSA) is 6.48 Å². The van der Waals surface area contributed by atoms with Crippen LogP contribution in [0.1, 0.15) is 16.7 Å². The molecule has 0 amide bonds. The Labute approximate surface area is 128 Å². The first-order valence-corrected chi connectivity index (χ1v) is 7.83. The largest absolute Gasteiger partial charge is 0.304 e. The molecule has 0 aromatic heterocycles. The maximum absolute atomic E-state index is 2.57. The van der Waals surface area contributed by atoms with Gasteiger partial charge in [-0.25, -0.2) is 0 Å². The second-order valence-electron chi connectivity index (χ2n) is 6.01. The molecule has 0 spiro atoms. The molecule has 0 radical (unpaired) electrons. The van der Waals surface area contributed by atoms with Crippen molar-refractivity contribution in [2.75, 3.05) is 33.2 Å². The zero-order chi connectivity index (χ0) is 14.5. The summed E-state index contributed by atoms with van der Waals surface area (Å²) >= 11 is 0. The molecule has 0 bridgehead atoms. The van der Waals surface area contributed by atoms with Gasteiger partial charge in [-0.05, 0) is 30.2 Å². The molecule has 1 fully saturated rings. The Bertz CT molecular complexity index is 557. The second kappa shape index (κ2) is 6.88. The number of rotatable bonds is 4. The van der Waals surface area contributed by atoms with Gasteiger partial charge in [-0.3, -0.25) is 4.90 Å². The van der Waals surface area contributed by atoms with E-state index in [-0.39, 0.29) is 0 Å². The van der Waals surface area contributed by atoms with Crippen molar-refractivity contribution in [3.63, 3.8) is 0 Å². The molecule has 0 unspecified atom stereocenters. The predicted molar refractivity (Wildman–Crippen MR) is 88.5 cm³/mol. The van der Waals surface area contributed by atoms with Crippen molar-refractivity contribution in [1.29, 1.82) is 0 Å². The van der Waals surface area contributed by atoms with Crippen LogP contribution in [0.2, 0.25) is 0 Å². The Morgan fingerprint density at radius 3 is 2.10 bits per heavy atom. The van der Waals surface area contributed by atoms with E-state index >= 15 is 0 Å². The first-order valence-electron chi connectivity index (χ1n) is 7.83. The third-order valence-corrected chi connectivity index (χ3v) is 4.35. The van der Waals surface area contributed by atoms with E-state index in [1.807, 2.05) is 0 Å². The van der Waals surface area contributed by atoms with Gasteiger partial charge in [0, 0.05) is 32.7 Å². The van der Waals surface area contributed by atoms with Crippen LogP contribution < -0.4 is 0 Å². The molecule has 21 heavy (non-hydrogen) atoms. The molecule has 0 saturated carbocycles. The zero-order valence-electron chi connectivity index (χ0n) is 12.8. The van der Waals surface area contributed by atoms with Crippen molar-refractivity contribution >= 4 is 0 Å². The van der Waals surface area contributed by atoms with Crippen LogP contribution in [0.15, 0.2) is 54.6 Å². The van der Waals surface area contributed by atoms with Crippen LogP contribution in [0.3, 0.4) is 0 Å². The lowest BCUT2D eigenvalue weighted by atomic mass is 9.99. The fourth-order valence-corrected chi connectivity index (χ4v) is 2.95. The van der Waals surface area contributed by atoms with Crippen LogP contribution in [0, 0.1) is 0 Å². The van der Waals surface area contributed by atoms with Gasteiger partial charge in [0.2, 0.25) is 0 Å². The summed E-state index contributed by atoms with van der Waals surface area (Å²) in [6.45, 7) is 5.80. The molecule has 1 saturated heterocycles. The van der Waals surface area contributed by atoms with E-state index in [1.54, 1.807) is 0 Å². The molecule has 2 nitrogen and oxygen atoms in total. The van der Waals surface area contributed by atoms with Crippen molar-refractivity contribution in [1.82, 2.24) is 9.80 Å². The van der Waals surface area contributed by atoms with Crippen LogP contribution >= 0.6 is 0 Å². The molecular weight excluding hydrogens is 256 g/mol. The number of hydrogen-bond acceptors (Lipinski definition) is 2. The van der Waals surface area contributed by atoms with E-state index in [4.69, 9.17) is 0 Å². The number of hydrogen-bond donors (Lipinski definition) is 0. The highest BCUT2D eigenvalue weighted by Gasteiger charge is 2.15. The molecular formula is C19H24N2. The van der Waals surface area contributed by atoms with Crippen LogP contribution in [-0.4, -0.2) is 43.0 Å². The highest BCUT2D eigenvalue weighted by Crippen LogP contribution is 2.17. The fourth-order valence-electron chi connectivity index (χ4n) is 2.95. The molecule has 0 atom stereocenters. The smallest absolute Gasteiger partial charge is 0.0237 e. The van der Waals surface area contributed by atoms with E-state index in [9.17, 15) is 0 Å². The molecule has 110 valence electrons. The molecule has 2 aromatic carbocycles. The molecule has 2 heteroatoms. The minimum Gasteiger partial charge on any atom is -0.304 e. The Kier molecular flexibility index (Phi) is 4.69. The average Bonchev–Trinajstić information content (AvgIpc) is 2.52. The number of piperazine rings is 1. The maximum Gasteiger partial charge on any atom is 0.0237 e. The van der Waals surface area contributed by atoms with Gasteiger partial charge >= 0.3 is 0 Å². The molecule has 3 rings (SSSR count). The Balaban J connectivity index is 1.70. The Morgan fingerprint density at radius 1 is 0.762 bits per heavy atom. The number of likely N-dealkylation sites (N-methyl/N-ethyl adjacent to an activating group) is 1. The summed E-state index contributed by atoms with van der Waals surface area (Å²) in [4.78, 5) is 4.98. The van der Waals surface area contributed by atoms with E-state index < -0.39 is 0 Å². The van der Waals surface area contributed by atoms with Gasteiger partial charge in [0.05, 0.1) is 0 Å². The Hall–Kier alpha value is -1.64. The van der Waals surface area contributed by atoms with Gasteiger partial charge in [-0.2, -0.15) is 0 Å². The van der Waals surface area contributed by atoms with Crippen molar-refractivity contribution in [2.24, 2.45) is 0 Å². The summed E-state index contributed by atoms with van der Waals surface area (Å²) in [6, 6.07) is 19.6. The number of benzene rings is 2. The van der Waals surface area contributed by atoms with E-state index in [0.717, 1.165) is 13.0 Å². The highest BCUT2D eigenvalue weighted by atomic mass is 15.2. The first kappa shape index (κ1) is 14.3. The van der Waals surface area contributed by atoms with Crippen molar-refractivity contribution in [2.45, 2.75) is 13.0 Å². The van der Waals surface area contributed by atoms with E-state index in [0.29, 0.717) is 0 Å². The summed E-state index contributed by atoms with van der Waals surface area (Å²) in [5, 5.41) is 0. The summed E-state index contributed by atoms with van der Waals surface area (Å²) in [5.74, 6) is 0. The second-order valence-corrected chi connectivity index (χ2v) is 6.01. The van der Waals surface area contributed by atoms with Crippen LogP contribution in [-0.2, 0) is 13.0 Å². The normalized spacial score (nSPS) is 17.0. The standard InChI is InChI=1S/C19H24N2/c1-20-11-13-21(14-12-20)16-19-10-6-5-9-18(19)15-17-7-3-2-4-8-17/h2-10H,11-16H2,1H3. The van der Waals surface area contributed by atoms with Gasteiger partial charge < -0.3 is 4.90 Å². The lowest BCUT2D eigenvalue weighted by Gasteiger charge is -2.32. The van der Waals surface area contributed by atoms with E-state index in [2.05, 4.69) is 71.4 Å². The molecule has 1 aliphatic rings. The third kappa shape index (κ3) is 3.93. The third-order valence-electron chi connectivity index (χ3n) is 4.35. The van der Waals surface area contributed by atoms with Gasteiger partial charge in [0.15, 0.2) is 0 Å². The van der Waals surface area contributed by atoms with Crippen LogP contribution in [0.25, 0.3) is 0 Å². The summed E-state index contributed by atoms with van der Waals surface area (Å²) in [6.07, 6.45) is 1.03. The maximum atomic E-state index is 2.57. The molecule has 0 N–H and O–H groups in total. The quantitative estimate of drug-likeness (QED) is 0.849. The molecule has 0 aliphatic carbocycles. The first-order chi connectivity index (χ1) is 10.3. The van der Waals surface area contributed by atoms with Crippen molar-refractivity contribution in [3.05, 3.63) is 71.3 Å². The molecule has 1 aliphatic heterocycles. The average molecular weight is 280 g/mol. The summed E-state index contributed by atoms with van der Waals surface area (Å²) in [7, 11) is 2.21. The zero-order valence-corrected chi connectivity index (χ0v) is 12.8. The van der Waals surface area contributed by atoms with Gasteiger partial charge in [-0.15, -0.1) is 0 Å². The highest BCUT2D eigenvalue weighted by molar-refractivity contribution is 5.32. The van der Waals surface area contributed by atoms with Crippen LogP contribution in [0.5, 0.6) is 0 Å². The minimum atomic E-state index is 1.03. The number of nitrogens with zero attached hydrogens (tertiary/aromatic N) is 2.